The highest BCUT2D eigenvalue weighted by Gasteiger charge is 2.31. The zero-order valence-electron chi connectivity index (χ0n) is 13.2. The fourth-order valence-corrected chi connectivity index (χ4v) is 2.80. The Morgan fingerprint density at radius 2 is 2.00 bits per heavy atom. The van der Waals surface area contributed by atoms with E-state index in [-0.39, 0.29) is 6.04 Å². The summed E-state index contributed by atoms with van der Waals surface area (Å²) in [5, 5.41) is 2.55. The number of sulfonamides is 1. The average molecular weight is 368 g/mol. The van der Waals surface area contributed by atoms with Crippen molar-refractivity contribution < 1.29 is 31.1 Å². The second kappa shape index (κ2) is 8.45. The van der Waals surface area contributed by atoms with Gasteiger partial charge in [0.25, 0.3) is 0 Å². The van der Waals surface area contributed by atoms with Crippen molar-refractivity contribution in [2.45, 2.75) is 30.5 Å². The normalized spacial score (nSPS) is 13.5. The minimum atomic E-state index is -4.65. The van der Waals surface area contributed by atoms with Crippen LogP contribution in [0.25, 0.3) is 0 Å². The molecule has 1 rings (SSSR count). The number of methoxy groups -OCH3 is 1. The third-order valence-electron chi connectivity index (χ3n) is 3.06. The first-order valence-electron chi connectivity index (χ1n) is 7.01. The van der Waals surface area contributed by atoms with Gasteiger partial charge in [-0.1, -0.05) is 6.07 Å². The number of hydrogen-bond donors (Lipinski definition) is 2. The molecule has 0 radical (unpaired) electrons. The van der Waals surface area contributed by atoms with Gasteiger partial charge < -0.3 is 10.1 Å². The molecule has 6 nitrogen and oxygen atoms in total. The van der Waals surface area contributed by atoms with Crippen LogP contribution in [-0.4, -0.2) is 40.6 Å². The third-order valence-corrected chi connectivity index (χ3v) is 4.46. The molecule has 0 aromatic heterocycles. The summed E-state index contributed by atoms with van der Waals surface area (Å²) in [5.41, 5.74) is -1.08. The molecule has 1 aromatic rings. The highest BCUT2D eigenvalue weighted by molar-refractivity contribution is 7.89. The van der Waals surface area contributed by atoms with E-state index in [1.807, 2.05) is 4.72 Å². The van der Waals surface area contributed by atoms with Crippen LogP contribution in [-0.2, 0) is 25.7 Å². The van der Waals surface area contributed by atoms with Gasteiger partial charge in [0.2, 0.25) is 15.9 Å². The number of ether oxygens (including phenoxy) is 1. The maximum atomic E-state index is 12.6. The van der Waals surface area contributed by atoms with Crippen LogP contribution in [0.5, 0.6) is 0 Å². The lowest BCUT2D eigenvalue weighted by molar-refractivity contribution is -0.137. The van der Waals surface area contributed by atoms with Crippen LogP contribution < -0.4 is 10.0 Å². The van der Waals surface area contributed by atoms with Crippen LogP contribution in [0, 0.1) is 0 Å². The highest BCUT2D eigenvalue weighted by atomic mass is 32.2. The highest BCUT2D eigenvalue weighted by Crippen LogP contribution is 2.30. The minimum absolute atomic E-state index is 0.226. The molecule has 0 saturated carbocycles. The van der Waals surface area contributed by atoms with Crippen molar-refractivity contribution in [3.8, 4) is 0 Å². The van der Waals surface area contributed by atoms with Gasteiger partial charge in [-0.15, -0.1) is 0 Å². The summed E-state index contributed by atoms with van der Waals surface area (Å²) in [6.07, 6.45) is -4.11. The number of benzene rings is 1. The third kappa shape index (κ3) is 6.46. The van der Waals surface area contributed by atoms with Crippen molar-refractivity contribution in [3.63, 3.8) is 0 Å². The topological polar surface area (TPSA) is 84.5 Å². The van der Waals surface area contributed by atoms with E-state index in [2.05, 4.69) is 5.32 Å². The van der Waals surface area contributed by atoms with E-state index >= 15 is 0 Å². The van der Waals surface area contributed by atoms with Crippen LogP contribution in [0.15, 0.2) is 29.2 Å². The standard InChI is InChI=1S/C14H19F3N2O4S/c1-10(6-7-23-2)19-13(20)9-18-24(21,22)12-5-3-4-11(8-12)14(15,16)17/h3-5,8,10,18H,6-7,9H2,1-2H3,(H,19,20). The predicted octanol–water partition coefficient (Wildman–Crippen LogP) is 1.52. The molecular weight excluding hydrogens is 349 g/mol. The molecule has 1 unspecified atom stereocenters. The van der Waals surface area contributed by atoms with E-state index in [0.29, 0.717) is 19.1 Å². The fourth-order valence-electron chi connectivity index (χ4n) is 1.78. The molecule has 24 heavy (non-hydrogen) atoms. The van der Waals surface area contributed by atoms with Crippen LogP contribution in [0.2, 0.25) is 0 Å². The number of alkyl halides is 3. The Morgan fingerprint density at radius 1 is 1.33 bits per heavy atom. The summed E-state index contributed by atoms with van der Waals surface area (Å²) in [6, 6.07) is 3.07. The maximum absolute atomic E-state index is 12.6. The molecule has 0 aliphatic heterocycles. The van der Waals surface area contributed by atoms with Crippen molar-refractivity contribution in [3.05, 3.63) is 29.8 Å². The summed E-state index contributed by atoms with van der Waals surface area (Å²) in [7, 11) is -2.71. The van der Waals surface area contributed by atoms with E-state index in [1.165, 1.54) is 7.11 Å². The summed E-state index contributed by atoms with van der Waals surface area (Å²) in [5.74, 6) is -0.589. The lowest BCUT2D eigenvalue weighted by Crippen LogP contribution is -2.41. The molecule has 136 valence electrons. The van der Waals surface area contributed by atoms with Gasteiger partial charge in [0.05, 0.1) is 17.0 Å². The Kier molecular flexibility index (Phi) is 7.18. The largest absolute Gasteiger partial charge is 0.416 e. The Balaban J connectivity index is 2.69. The van der Waals surface area contributed by atoms with E-state index in [1.54, 1.807) is 6.92 Å². The molecule has 0 fully saturated rings. The lowest BCUT2D eigenvalue weighted by Gasteiger charge is -2.14. The number of halogens is 3. The first kappa shape index (κ1) is 20.4. The molecular formula is C14H19F3N2O4S. The number of carbonyl (C=O) groups is 1. The van der Waals surface area contributed by atoms with Crippen LogP contribution in [0.4, 0.5) is 13.2 Å². The SMILES string of the molecule is COCCC(C)NC(=O)CNS(=O)(=O)c1cccc(C(F)(F)F)c1. The fraction of sp³-hybridized carbons (Fsp3) is 0.500. The maximum Gasteiger partial charge on any atom is 0.416 e. The monoisotopic (exact) mass is 368 g/mol. The number of carbonyl (C=O) groups excluding carboxylic acids is 1. The van der Waals surface area contributed by atoms with Crippen molar-refractivity contribution in [1.29, 1.82) is 0 Å². The van der Waals surface area contributed by atoms with E-state index in [9.17, 15) is 26.4 Å². The van der Waals surface area contributed by atoms with Crippen LogP contribution >= 0.6 is 0 Å². The Labute approximate surface area is 138 Å². The predicted molar refractivity (Wildman–Crippen MR) is 80.7 cm³/mol. The van der Waals surface area contributed by atoms with Gasteiger partial charge in [-0.25, -0.2) is 13.1 Å². The Hall–Kier alpha value is -1.65. The number of nitrogens with one attached hydrogen (secondary N) is 2. The van der Waals surface area contributed by atoms with E-state index in [4.69, 9.17) is 4.74 Å². The number of rotatable bonds is 8. The van der Waals surface area contributed by atoms with E-state index < -0.39 is 39.1 Å². The van der Waals surface area contributed by atoms with Gasteiger partial charge >= 0.3 is 6.18 Å². The summed E-state index contributed by atoms with van der Waals surface area (Å²) in [4.78, 5) is 11.1. The number of hydrogen-bond acceptors (Lipinski definition) is 4. The van der Waals surface area contributed by atoms with E-state index in [0.717, 1.165) is 18.2 Å². The first-order chi connectivity index (χ1) is 11.1. The molecule has 0 aliphatic carbocycles. The molecule has 0 saturated heterocycles. The molecule has 0 bridgehead atoms. The zero-order chi connectivity index (χ0) is 18.4. The molecule has 1 aromatic carbocycles. The molecule has 0 aliphatic rings. The van der Waals surface area contributed by atoms with Crippen molar-refractivity contribution >= 4 is 15.9 Å². The van der Waals surface area contributed by atoms with Crippen LogP contribution in [0.1, 0.15) is 18.9 Å². The molecule has 1 atom stereocenters. The average Bonchev–Trinajstić information content (AvgIpc) is 2.50. The Morgan fingerprint density at radius 3 is 2.58 bits per heavy atom. The molecule has 1 amide bonds. The first-order valence-corrected chi connectivity index (χ1v) is 8.50. The number of amides is 1. The second-order valence-corrected chi connectivity index (χ2v) is 6.87. The molecule has 10 heteroatoms. The summed E-state index contributed by atoms with van der Waals surface area (Å²) >= 11 is 0. The van der Waals surface area contributed by atoms with Gasteiger partial charge in [-0.2, -0.15) is 13.2 Å². The smallest absolute Gasteiger partial charge is 0.385 e. The summed E-state index contributed by atoms with van der Waals surface area (Å²) < 4.78 is 68.7. The van der Waals surface area contributed by atoms with Gasteiger partial charge in [-0.05, 0) is 31.5 Å². The molecule has 2 N–H and O–H groups in total. The van der Waals surface area contributed by atoms with Crippen molar-refractivity contribution in [1.82, 2.24) is 10.0 Å². The summed E-state index contributed by atoms with van der Waals surface area (Å²) in [6.45, 7) is 1.57. The molecule has 0 heterocycles. The zero-order valence-corrected chi connectivity index (χ0v) is 14.0. The Bertz CT molecular complexity index is 662. The lowest BCUT2D eigenvalue weighted by atomic mass is 10.2. The van der Waals surface area contributed by atoms with Gasteiger partial charge in [0.1, 0.15) is 0 Å². The quantitative estimate of drug-likeness (QED) is 0.729. The van der Waals surface area contributed by atoms with Crippen LogP contribution in [0.3, 0.4) is 0 Å². The van der Waals surface area contributed by atoms with Crippen molar-refractivity contribution in [2.75, 3.05) is 20.3 Å². The van der Waals surface area contributed by atoms with Gasteiger partial charge in [0.15, 0.2) is 0 Å². The molecule has 0 spiro atoms. The van der Waals surface area contributed by atoms with Gasteiger partial charge in [0, 0.05) is 19.8 Å². The van der Waals surface area contributed by atoms with Crippen molar-refractivity contribution in [2.24, 2.45) is 0 Å². The van der Waals surface area contributed by atoms with Gasteiger partial charge in [-0.3, -0.25) is 4.79 Å². The second-order valence-electron chi connectivity index (χ2n) is 5.10. The minimum Gasteiger partial charge on any atom is -0.385 e.